The van der Waals surface area contributed by atoms with E-state index in [1.54, 1.807) is 24.3 Å². The fourth-order valence-electron chi connectivity index (χ4n) is 3.73. The molecular weight excluding hydrogens is 404 g/mol. The Morgan fingerprint density at radius 2 is 1.87 bits per heavy atom. The Morgan fingerprint density at radius 3 is 2.53 bits per heavy atom. The van der Waals surface area contributed by atoms with Crippen LogP contribution < -0.4 is 5.56 Å². The molecule has 0 unspecified atom stereocenters. The summed E-state index contributed by atoms with van der Waals surface area (Å²) >= 11 is 0. The van der Waals surface area contributed by atoms with Crippen molar-refractivity contribution >= 4 is 16.7 Å². The summed E-state index contributed by atoms with van der Waals surface area (Å²) < 4.78 is 57.9. The number of amides is 1. The topological polar surface area (TPSA) is 62.4 Å². The lowest BCUT2D eigenvalue weighted by Crippen LogP contribution is -2.37. The summed E-state index contributed by atoms with van der Waals surface area (Å²) in [6.45, 7) is 0.275. The van der Waals surface area contributed by atoms with E-state index in [1.807, 2.05) is 0 Å². The van der Waals surface area contributed by atoms with Gasteiger partial charge in [0.2, 0.25) is 0 Å². The number of nitrogens with one attached hydrogen (secondary N) is 1. The van der Waals surface area contributed by atoms with Crippen LogP contribution in [0.2, 0.25) is 0 Å². The SMILES string of the molecule is CN(C(=O)c1ccc(C(F)(F)F)c(F)c1)[C@@H]1COCc2[nH]c(=O)c3ccccc3c21. The molecule has 1 amide bonds. The minimum absolute atomic E-state index is 0.119. The molecule has 156 valence electrons. The lowest BCUT2D eigenvalue weighted by atomic mass is 9.95. The third-order valence-electron chi connectivity index (χ3n) is 5.22. The van der Waals surface area contributed by atoms with Gasteiger partial charge in [-0.1, -0.05) is 18.2 Å². The molecule has 1 N–H and O–H groups in total. The normalized spacial score (nSPS) is 16.4. The van der Waals surface area contributed by atoms with E-state index in [4.69, 9.17) is 4.74 Å². The first kappa shape index (κ1) is 20.1. The molecular formula is C21H16F4N2O3. The van der Waals surface area contributed by atoms with Gasteiger partial charge in [0.1, 0.15) is 5.82 Å². The monoisotopic (exact) mass is 420 g/mol. The molecule has 0 spiro atoms. The summed E-state index contributed by atoms with van der Waals surface area (Å²) in [6.07, 6.45) is -4.85. The van der Waals surface area contributed by atoms with Gasteiger partial charge in [0.05, 0.1) is 24.8 Å². The van der Waals surface area contributed by atoms with Crippen LogP contribution in [-0.4, -0.2) is 29.4 Å². The molecule has 0 bridgehead atoms. The predicted molar refractivity (Wildman–Crippen MR) is 100 cm³/mol. The molecule has 1 aliphatic heterocycles. The lowest BCUT2D eigenvalue weighted by Gasteiger charge is -2.34. The number of aromatic nitrogens is 1. The second-order valence-electron chi connectivity index (χ2n) is 7.03. The number of carbonyl (C=O) groups is 1. The third-order valence-corrected chi connectivity index (χ3v) is 5.22. The number of likely N-dealkylation sites (N-methyl/N-ethyl adjacent to an activating group) is 1. The molecule has 3 aromatic rings. The molecule has 0 saturated carbocycles. The highest BCUT2D eigenvalue weighted by Gasteiger charge is 2.35. The minimum Gasteiger partial charge on any atom is -0.373 e. The first-order valence-electron chi connectivity index (χ1n) is 9.04. The van der Waals surface area contributed by atoms with E-state index in [2.05, 4.69) is 4.98 Å². The van der Waals surface area contributed by atoms with Gasteiger partial charge in [-0.3, -0.25) is 9.59 Å². The quantitative estimate of drug-likeness (QED) is 0.637. The van der Waals surface area contributed by atoms with Gasteiger partial charge in [-0.25, -0.2) is 4.39 Å². The highest BCUT2D eigenvalue weighted by molar-refractivity contribution is 5.95. The Balaban J connectivity index is 1.75. The van der Waals surface area contributed by atoms with Crippen LogP contribution in [0.15, 0.2) is 47.3 Å². The maximum atomic E-state index is 13.9. The maximum absolute atomic E-state index is 13.9. The van der Waals surface area contributed by atoms with Crippen molar-refractivity contribution in [2.45, 2.75) is 18.8 Å². The Hall–Kier alpha value is -3.20. The second kappa shape index (κ2) is 7.24. The second-order valence-corrected chi connectivity index (χ2v) is 7.03. The Labute approximate surface area is 167 Å². The smallest absolute Gasteiger partial charge is 0.373 e. The molecule has 0 radical (unpaired) electrons. The number of fused-ring (bicyclic) bond motifs is 3. The van der Waals surface area contributed by atoms with E-state index in [-0.39, 0.29) is 24.3 Å². The van der Waals surface area contributed by atoms with Gasteiger partial charge in [0, 0.05) is 29.3 Å². The molecule has 4 rings (SSSR count). The van der Waals surface area contributed by atoms with Crippen LogP contribution in [0.1, 0.15) is 33.2 Å². The largest absolute Gasteiger partial charge is 0.419 e. The van der Waals surface area contributed by atoms with E-state index in [1.165, 1.54) is 11.9 Å². The fraction of sp³-hybridized carbons (Fsp3) is 0.238. The van der Waals surface area contributed by atoms with E-state index in [0.717, 1.165) is 6.07 Å². The van der Waals surface area contributed by atoms with Gasteiger partial charge < -0.3 is 14.6 Å². The molecule has 2 heterocycles. The average molecular weight is 420 g/mol. The summed E-state index contributed by atoms with van der Waals surface area (Å²) in [7, 11) is 1.46. The van der Waals surface area contributed by atoms with Crippen molar-refractivity contribution in [3.05, 3.63) is 81.0 Å². The first-order valence-corrected chi connectivity index (χ1v) is 9.04. The van der Waals surface area contributed by atoms with Crippen LogP contribution in [0.5, 0.6) is 0 Å². The first-order chi connectivity index (χ1) is 14.2. The van der Waals surface area contributed by atoms with E-state index >= 15 is 0 Å². The highest BCUT2D eigenvalue weighted by Crippen LogP contribution is 2.35. The third kappa shape index (κ3) is 3.35. The zero-order chi connectivity index (χ0) is 21.6. The number of H-pyrrole nitrogens is 1. The van der Waals surface area contributed by atoms with Crippen molar-refractivity contribution in [2.75, 3.05) is 13.7 Å². The van der Waals surface area contributed by atoms with Crippen molar-refractivity contribution in [1.82, 2.24) is 9.88 Å². The van der Waals surface area contributed by atoms with Crippen LogP contribution in [0, 0.1) is 5.82 Å². The van der Waals surface area contributed by atoms with Crippen LogP contribution in [-0.2, 0) is 17.5 Å². The number of ether oxygens (including phenoxy) is 1. The molecule has 9 heteroatoms. The lowest BCUT2D eigenvalue weighted by molar-refractivity contribution is -0.140. The summed E-state index contributed by atoms with van der Waals surface area (Å²) in [6, 6.07) is 8.37. The molecule has 5 nitrogen and oxygen atoms in total. The van der Waals surface area contributed by atoms with E-state index < -0.39 is 29.5 Å². The number of carbonyl (C=O) groups excluding carboxylic acids is 1. The van der Waals surface area contributed by atoms with Crippen LogP contribution in [0.3, 0.4) is 0 Å². The van der Waals surface area contributed by atoms with Gasteiger partial charge in [-0.2, -0.15) is 13.2 Å². The van der Waals surface area contributed by atoms with Crippen molar-refractivity contribution in [3.8, 4) is 0 Å². The van der Waals surface area contributed by atoms with Crippen molar-refractivity contribution in [3.63, 3.8) is 0 Å². The molecule has 0 aliphatic carbocycles. The van der Waals surface area contributed by atoms with Gasteiger partial charge in [-0.15, -0.1) is 0 Å². The number of hydrogen-bond acceptors (Lipinski definition) is 3. The predicted octanol–water partition coefficient (Wildman–Crippen LogP) is 4.03. The number of halogens is 4. The zero-order valence-corrected chi connectivity index (χ0v) is 15.7. The maximum Gasteiger partial charge on any atom is 0.419 e. The number of pyridine rings is 1. The highest BCUT2D eigenvalue weighted by atomic mass is 19.4. The Kier molecular flexibility index (Phi) is 4.85. The molecule has 0 fully saturated rings. The molecule has 1 atom stereocenters. The summed E-state index contributed by atoms with van der Waals surface area (Å²) in [5, 5.41) is 1.10. The minimum atomic E-state index is -4.85. The summed E-state index contributed by atoms with van der Waals surface area (Å²) in [5.74, 6) is -2.18. The van der Waals surface area contributed by atoms with E-state index in [0.29, 0.717) is 34.2 Å². The average Bonchev–Trinajstić information content (AvgIpc) is 2.71. The number of nitrogens with zero attached hydrogens (tertiary/aromatic N) is 1. The van der Waals surface area contributed by atoms with Crippen molar-refractivity contribution in [1.29, 1.82) is 0 Å². The Bertz CT molecular complexity index is 1200. The van der Waals surface area contributed by atoms with Crippen molar-refractivity contribution < 1.29 is 27.1 Å². The molecule has 0 saturated heterocycles. The van der Waals surface area contributed by atoms with Crippen LogP contribution in [0.4, 0.5) is 17.6 Å². The van der Waals surface area contributed by atoms with Gasteiger partial charge in [0.25, 0.3) is 11.5 Å². The van der Waals surface area contributed by atoms with Crippen molar-refractivity contribution in [2.24, 2.45) is 0 Å². The number of hydrogen-bond donors (Lipinski definition) is 1. The molecule has 30 heavy (non-hydrogen) atoms. The molecule has 1 aliphatic rings. The van der Waals surface area contributed by atoms with Crippen LogP contribution >= 0.6 is 0 Å². The van der Waals surface area contributed by atoms with E-state index in [9.17, 15) is 27.2 Å². The number of rotatable bonds is 2. The van der Waals surface area contributed by atoms with Gasteiger partial charge in [0.15, 0.2) is 0 Å². The molecule has 1 aromatic heterocycles. The number of alkyl halides is 3. The summed E-state index contributed by atoms with van der Waals surface area (Å²) in [4.78, 5) is 29.3. The number of aromatic amines is 1. The number of benzene rings is 2. The zero-order valence-electron chi connectivity index (χ0n) is 15.7. The van der Waals surface area contributed by atoms with Gasteiger partial charge >= 0.3 is 6.18 Å². The molecule has 2 aromatic carbocycles. The Morgan fingerprint density at radius 1 is 1.17 bits per heavy atom. The summed E-state index contributed by atoms with van der Waals surface area (Å²) in [5.41, 5.74) is -0.722. The fourth-order valence-corrected chi connectivity index (χ4v) is 3.73. The van der Waals surface area contributed by atoms with Crippen LogP contribution in [0.25, 0.3) is 10.8 Å². The standard InChI is InChI=1S/C21H16F4N2O3/c1-27(20(29)11-6-7-14(15(22)8-11)21(23,24)25)17-10-30-9-16-18(17)12-4-2-3-5-13(12)19(28)26-16/h2-8,17H,9-10H2,1H3,(H,26,28)/t17-/m1/s1. The van der Waals surface area contributed by atoms with Gasteiger partial charge in [-0.05, 0) is 29.7 Å².